The molecule has 1 N–H and O–H groups in total. The normalized spacial score (nSPS) is 15.2. The van der Waals surface area contributed by atoms with Gasteiger partial charge < -0.3 is 10.1 Å². The Bertz CT molecular complexity index is 1320. The number of rotatable bonds is 7. The lowest BCUT2D eigenvalue weighted by atomic mass is 10.0. The molecule has 1 atom stereocenters. The van der Waals surface area contributed by atoms with Crippen molar-refractivity contribution in [2.75, 3.05) is 0 Å². The minimum absolute atomic E-state index is 0.104. The van der Waals surface area contributed by atoms with Crippen LogP contribution in [0, 0.1) is 11.3 Å². The first kappa shape index (κ1) is 24.9. The largest absolute Gasteiger partial charge is 0.433 e. The molecule has 8 nitrogen and oxygen atoms in total. The van der Waals surface area contributed by atoms with E-state index in [1.807, 2.05) is 6.07 Å². The van der Waals surface area contributed by atoms with Gasteiger partial charge >= 0.3 is 12.8 Å². The molecule has 1 amide bonds. The molecule has 3 heterocycles. The van der Waals surface area contributed by atoms with E-state index in [1.165, 1.54) is 30.6 Å². The second kappa shape index (κ2) is 9.44. The van der Waals surface area contributed by atoms with Gasteiger partial charge in [0.1, 0.15) is 17.1 Å². The summed E-state index contributed by atoms with van der Waals surface area (Å²) in [5.41, 5.74) is -2.10. The summed E-state index contributed by atoms with van der Waals surface area (Å²) < 4.78 is 69.4. The fourth-order valence-electron chi connectivity index (χ4n) is 3.51. The Kier molecular flexibility index (Phi) is 6.53. The molecule has 13 heteroatoms. The molecule has 0 aliphatic heterocycles. The molecule has 0 bridgehead atoms. The lowest BCUT2D eigenvalue weighted by molar-refractivity contribution is -0.141. The van der Waals surface area contributed by atoms with Crippen molar-refractivity contribution in [3.8, 4) is 23.2 Å². The van der Waals surface area contributed by atoms with Crippen LogP contribution in [0.3, 0.4) is 0 Å². The third kappa shape index (κ3) is 5.22. The molecule has 0 spiro atoms. The Hall–Kier alpha value is -4.21. The Morgan fingerprint density at radius 3 is 2.47 bits per heavy atom. The fourth-order valence-corrected chi connectivity index (χ4v) is 3.51. The highest BCUT2D eigenvalue weighted by Gasteiger charge is 2.48. The van der Waals surface area contributed by atoms with Crippen LogP contribution in [0.4, 0.5) is 22.0 Å². The highest BCUT2D eigenvalue weighted by molar-refractivity contribution is 5.94. The Morgan fingerprint density at radius 1 is 1.17 bits per heavy atom. The molecule has 0 radical (unpaired) electrons. The van der Waals surface area contributed by atoms with Gasteiger partial charge in [-0.3, -0.25) is 19.7 Å². The van der Waals surface area contributed by atoms with Gasteiger partial charge in [0, 0.05) is 18.0 Å². The standard InChI is InChI=1S/C23H17F5N6O2/c1-12(18-19(31-7-6-30-18)15-3-2-14(10-32-15)36-21(24)25)33-20(35)13-8-16(22(11-29)4-5-22)34-17(9-13)23(26,27)28/h2-3,6-10,12,21H,4-5H2,1H3,(H,33,35). The van der Waals surface area contributed by atoms with E-state index in [1.54, 1.807) is 6.92 Å². The smallest absolute Gasteiger partial charge is 0.433 e. The second-order valence-electron chi connectivity index (χ2n) is 8.06. The second-order valence-corrected chi connectivity index (χ2v) is 8.06. The van der Waals surface area contributed by atoms with Crippen molar-refractivity contribution in [2.45, 2.75) is 44.0 Å². The van der Waals surface area contributed by atoms with Crippen LogP contribution in [0.1, 0.15) is 53.2 Å². The van der Waals surface area contributed by atoms with E-state index in [0.717, 1.165) is 6.20 Å². The van der Waals surface area contributed by atoms with Gasteiger partial charge in [-0.2, -0.15) is 27.2 Å². The number of hydrogen-bond donors (Lipinski definition) is 1. The molecule has 186 valence electrons. The van der Waals surface area contributed by atoms with E-state index in [0.29, 0.717) is 18.9 Å². The molecule has 3 aromatic heterocycles. The van der Waals surface area contributed by atoms with Crippen molar-refractivity contribution in [2.24, 2.45) is 0 Å². The lowest BCUT2D eigenvalue weighted by Crippen LogP contribution is -2.29. The average molecular weight is 504 g/mol. The zero-order chi connectivity index (χ0) is 26.1. The van der Waals surface area contributed by atoms with Crippen molar-refractivity contribution >= 4 is 5.91 Å². The number of ether oxygens (including phenoxy) is 1. The summed E-state index contributed by atoms with van der Waals surface area (Å²) in [5.74, 6) is -1.00. The minimum Gasteiger partial charge on any atom is -0.433 e. The maximum atomic E-state index is 13.4. The van der Waals surface area contributed by atoms with E-state index < -0.39 is 35.8 Å². The van der Waals surface area contributed by atoms with Gasteiger partial charge in [0.25, 0.3) is 5.91 Å². The van der Waals surface area contributed by atoms with E-state index in [2.05, 4.69) is 30.0 Å². The summed E-state index contributed by atoms with van der Waals surface area (Å²) in [6, 6.07) is 5.60. The maximum Gasteiger partial charge on any atom is 0.433 e. The molecule has 0 aromatic carbocycles. The Balaban J connectivity index is 1.61. The van der Waals surface area contributed by atoms with Crippen LogP contribution in [-0.4, -0.2) is 32.5 Å². The summed E-state index contributed by atoms with van der Waals surface area (Å²) in [7, 11) is 0. The summed E-state index contributed by atoms with van der Waals surface area (Å²) >= 11 is 0. The topological polar surface area (TPSA) is 114 Å². The summed E-state index contributed by atoms with van der Waals surface area (Å²) in [5, 5.41) is 12.0. The number of alkyl halides is 5. The molecule has 1 aliphatic carbocycles. The number of halogens is 5. The highest BCUT2D eigenvalue weighted by atomic mass is 19.4. The molecule has 36 heavy (non-hydrogen) atoms. The first-order chi connectivity index (χ1) is 17.0. The van der Waals surface area contributed by atoms with Gasteiger partial charge in [-0.1, -0.05) is 0 Å². The van der Waals surface area contributed by atoms with Gasteiger partial charge in [0.05, 0.1) is 40.8 Å². The predicted octanol–water partition coefficient (Wildman–Crippen LogP) is 4.60. The van der Waals surface area contributed by atoms with Gasteiger partial charge in [-0.15, -0.1) is 0 Å². The number of carbonyl (C=O) groups excluding carboxylic acids is 1. The number of carbonyl (C=O) groups is 1. The first-order valence-electron chi connectivity index (χ1n) is 10.6. The molecule has 1 fully saturated rings. The number of nitrogens with one attached hydrogen (secondary N) is 1. The molecular weight excluding hydrogens is 487 g/mol. The van der Waals surface area contributed by atoms with Crippen molar-refractivity contribution in [1.29, 1.82) is 5.26 Å². The third-order valence-corrected chi connectivity index (χ3v) is 5.52. The average Bonchev–Trinajstić information content (AvgIpc) is 3.65. The molecule has 1 unspecified atom stereocenters. The number of pyridine rings is 2. The summed E-state index contributed by atoms with van der Waals surface area (Å²) in [4.78, 5) is 29.0. The third-order valence-electron chi connectivity index (χ3n) is 5.52. The van der Waals surface area contributed by atoms with E-state index >= 15 is 0 Å². The molecule has 1 saturated carbocycles. The molecule has 1 aliphatic rings. The quantitative estimate of drug-likeness (QED) is 0.468. The summed E-state index contributed by atoms with van der Waals surface area (Å²) in [6.45, 7) is -1.47. The van der Waals surface area contributed by atoms with Crippen molar-refractivity contribution in [3.63, 3.8) is 0 Å². The number of aromatic nitrogens is 4. The maximum absolute atomic E-state index is 13.4. The van der Waals surface area contributed by atoms with Crippen LogP contribution in [0.15, 0.2) is 42.9 Å². The van der Waals surface area contributed by atoms with Gasteiger partial charge in [-0.05, 0) is 44.0 Å². The van der Waals surface area contributed by atoms with Crippen molar-refractivity contribution < 1.29 is 31.5 Å². The first-order valence-corrected chi connectivity index (χ1v) is 10.6. The van der Waals surface area contributed by atoms with Crippen molar-refractivity contribution in [1.82, 2.24) is 25.3 Å². The Labute approximate surface area is 201 Å². The number of amides is 1. The van der Waals surface area contributed by atoms with Gasteiger partial charge in [0.2, 0.25) is 0 Å². The van der Waals surface area contributed by atoms with Crippen LogP contribution in [0.5, 0.6) is 5.75 Å². The molecule has 4 rings (SSSR count). The lowest BCUT2D eigenvalue weighted by Gasteiger charge is -2.18. The predicted molar refractivity (Wildman–Crippen MR) is 114 cm³/mol. The molecule has 0 saturated heterocycles. The molecule has 3 aromatic rings. The fraction of sp³-hybridized carbons (Fsp3) is 0.304. The van der Waals surface area contributed by atoms with Crippen LogP contribution in [-0.2, 0) is 11.6 Å². The van der Waals surface area contributed by atoms with Gasteiger partial charge in [0.15, 0.2) is 0 Å². The van der Waals surface area contributed by atoms with Crippen LogP contribution >= 0.6 is 0 Å². The van der Waals surface area contributed by atoms with E-state index in [4.69, 9.17) is 0 Å². The van der Waals surface area contributed by atoms with Crippen LogP contribution in [0.2, 0.25) is 0 Å². The van der Waals surface area contributed by atoms with Crippen molar-refractivity contribution in [3.05, 3.63) is 65.5 Å². The monoisotopic (exact) mass is 504 g/mol. The minimum atomic E-state index is -4.81. The zero-order valence-electron chi connectivity index (χ0n) is 18.6. The Morgan fingerprint density at radius 2 is 1.89 bits per heavy atom. The van der Waals surface area contributed by atoms with E-state index in [9.17, 15) is 32.0 Å². The molecular formula is C23H17F5N6O2. The van der Waals surface area contributed by atoms with Crippen LogP contribution in [0.25, 0.3) is 11.4 Å². The van der Waals surface area contributed by atoms with Crippen LogP contribution < -0.4 is 10.1 Å². The van der Waals surface area contributed by atoms with E-state index in [-0.39, 0.29) is 34.1 Å². The summed E-state index contributed by atoms with van der Waals surface area (Å²) in [6.07, 6.45) is -0.319. The number of nitriles is 1. The number of hydrogen-bond acceptors (Lipinski definition) is 7. The van der Waals surface area contributed by atoms with Gasteiger partial charge in [-0.25, -0.2) is 4.98 Å². The number of nitrogens with zero attached hydrogens (tertiary/aromatic N) is 5. The SMILES string of the molecule is CC(NC(=O)c1cc(C(F)(F)F)nc(C2(C#N)CC2)c1)c1nccnc1-c1ccc(OC(F)F)cn1. The zero-order valence-corrected chi connectivity index (χ0v) is 18.6. The highest BCUT2D eigenvalue weighted by Crippen LogP contribution is 2.47.